The summed E-state index contributed by atoms with van der Waals surface area (Å²) in [5.74, 6) is 2.64. The van der Waals surface area contributed by atoms with E-state index < -0.39 is 0 Å². The predicted octanol–water partition coefficient (Wildman–Crippen LogP) is 2.91. The van der Waals surface area contributed by atoms with Gasteiger partial charge in [0.2, 0.25) is 0 Å². The van der Waals surface area contributed by atoms with Crippen LogP contribution < -0.4 is 20.1 Å². The molecule has 0 fully saturated rings. The highest BCUT2D eigenvalue weighted by atomic mass is 127. The Balaban J connectivity index is 0.00000300. The number of halogens is 1. The lowest BCUT2D eigenvalue weighted by Gasteiger charge is -2.17. The highest BCUT2D eigenvalue weighted by Gasteiger charge is 2.22. The molecule has 29 heavy (non-hydrogen) atoms. The number of para-hydroxylation sites is 2. The first-order valence-corrected chi connectivity index (χ1v) is 9.70. The third-order valence-electron chi connectivity index (χ3n) is 4.65. The van der Waals surface area contributed by atoms with Crippen LogP contribution in [0.2, 0.25) is 0 Å². The minimum Gasteiger partial charge on any atom is -0.492 e. The van der Waals surface area contributed by atoms with Crippen LogP contribution in [0.15, 0.2) is 53.5 Å². The van der Waals surface area contributed by atoms with Crippen LogP contribution >= 0.6 is 24.0 Å². The third kappa shape index (κ3) is 7.08. The molecular weight excluding hydrogens is 479 g/mol. The Bertz CT molecular complexity index is 773. The number of likely N-dealkylation sites (N-methyl/N-ethyl adjacent to an activating group) is 1. The van der Waals surface area contributed by atoms with E-state index in [1.54, 1.807) is 7.05 Å². The highest BCUT2D eigenvalue weighted by molar-refractivity contribution is 14.0. The molecule has 1 heterocycles. The van der Waals surface area contributed by atoms with Crippen molar-refractivity contribution in [3.05, 3.63) is 59.7 Å². The first kappa shape index (κ1) is 23.3. The average Bonchev–Trinajstić information content (AvgIpc) is 3.12. The first-order chi connectivity index (χ1) is 13.7. The van der Waals surface area contributed by atoms with Crippen LogP contribution in [0.4, 0.5) is 0 Å². The van der Waals surface area contributed by atoms with Crippen LogP contribution in [-0.2, 0) is 13.0 Å². The average molecular weight is 510 g/mol. The van der Waals surface area contributed by atoms with Gasteiger partial charge in [0.05, 0.1) is 6.54 Å². The largest absolute Gasteiger partial charge is 0.492 e. The van der Waals surface area contributed by atoms with Gasteiger partial charge in [0.15, 0.2) is 5.96 Å². The topological polar surface area (TPSA) is 58.1 Å². The molecule has 158 valence electrons. The van der Waals surface area contributed by atoms with Gasteiger partial charge in [0, 0.05) is 32.1 Å². The number of guanidine groups is 1. The molecule has 0 aromatic heterocycles. The van der Waals surface area contributed by atoms with E-state index in [1.807, 2.05) is 44.4 Å². The summed E-state index contributed by atoms with van der Waals surface area (Å²) in [6.45, 7) is 2.89. The molecule has 0 aliphatic carbocycles. The summed E-state index contributed by atoms with van der Waals surface area (Å²) >= 11 is 0. The number of rotatable bonds is 8. The molecule has 3 rings (SSSR count). The molecular formula is C22H31IN4O2. The normalized spacial score (nSPS) is 15.3. The second kappa shape index (κ2) is 11.9. The Hall–Kier alpha value is -2.00. The first-order valence-electron chi connectivity index (χ1n) is 9.70. The standard InChI is InChI=1S/C22H30N4O2.HI/c1-23-22(25-16-19-14-17-8-4-7-11-21(17)28-19)24-15-18-9-5-6-10-20(18)27-13-12-26(2)3;/h4-11,19H,12-16H2,1-3H3,(H2,23,24,25);1H. The minimum absolute atomic E-state index is 0. The van der Waals surface area contributed by atoms with Gasteiger partial charge in [0.1, 0.15) is 24.2 Å². The van der Waals surface area contributed by atoms with E-state index in [9.17, 15) is 0 Å². The van der Waals surface area contributed by atoms with Crippen molar-refractivity contribution in [1.29, 1.82) is 0 Å². The Labute approximate surface area is 190 Å². The van der Waals surface area contributed by atoms with Gasteiger partial charge in [-0.3, -0.25) is 4.99 Å². The molecule has 1 aliphatic rings. The van der Waals surface area contributed by atoms with Crippen LogP contribution in [0.3, 0.4) is 0 Å². The van der Waals surface area contributed by atoms with Crippen molar-refractivity contribution in [2.75, 3.05) is 40.8 Å². The molecule has 0 saturated carbocycles. The second-order valence-corrected chi connectivity index (χ2v) is 7.12. The van der Waals surface area contributed by atoms with E-state index in [4.69, 9.17) is 9.47 Å². The van der Waals surface area contributed by atoms with Gasteiger partial charge < -0.3 is 25.0 Å². The van der Waals surface area contributed by atoms with E-state index in [0.29, 0.717) is 19.7 Å². The van der Waals surface area contributed by atoms with Crippen molar-refractivity contribution in [2.24, 2.45) is 4.99 Å². The molecule has 0 radical (unpaired) electrons. The fourth-order valence-corrected chi connectivity index (χ4v) is 3.11. The van der Waals surface area contributed by atoms with Crippen molar-refractivity contribution in [3.63, 3.8) is 0 Å². The quantitative estimate of drug-likeness (QED) is 0.325. The van der Waals surface area contributed by atoms with Crippen LogP contribution in [0.1, 0.15) is 11.1 Å². The van der Waals surface area contributed by atoms with Crippen LogP contribution in [0, 0.1) is 0 Å². The highest BCUT2D eigenvalue weighted by Crippen LogP contribution is 2.27. The van der Waals surface area contributed by atoms with Gasteiger partial charge in [-0.15, -0.1) is 24.0 Å². The maximum Gasteiger partial charge on any atom is 0.191 e. The van der Waals surface area contributed by atoms with E-state index in [2.05, 4.69) is 38.7 Å². The molecule has 2 aromatic rings. The lowest BCUT2D eigenvalue weighted by Crippen LogP contribution is -2.42. The summed E-state index contributed by atoms with van der Waals surface area (Å²) in [7, 11) is 5.86. The second-order valence-electron chi connectivity index (χ2n) is 7.12. The van der Waals surface area contributed by atoms with E-state index in [-0.39, 0.29) is 30.1 Å². The Morgan fingerprint density at radius 2 is 1.90 bits per heavy atom. The predicted molar refractivity (Wildman–Crippen MR) is 129 cm³/mol. The van der Waals surface area contributed by atoms with E-state index in [0.717, 1.165) is 36.0 Å². The van der Waals surface area contributed by atoms with Crippen molar-refractivity contribution >= 4 is 29.9 Å². The van der Waals surface area contributed by atoms with E-state index in [1.165, 1.54) is 5.56 Å². The summed E-state index contributed by atoms with van der Waals surface area (Å²) in [6, 6.07) is 16.3. The van der Waals surface area contributed by atoms with E-state index >= 15 is 0 Å². The molecule has 1 unspecified atom stereocenters. The Kier molecular flexibility index (Phi) is 9.53. The number of hydrogen-bond donors (Lipinski definition) is 2. The maximum atomic E-state index is 5.98. The fraction of sp³-hybridized carbons (Fsp3) is 0.409. The zero-order chi connectivity index (χ0) is 19.8. The summed E-state index contributed by atoms with van der Waals surface area (Å²) < 4.78 is 11.9. The minimum atomic E-state index is 0. The van der Waals surface area contributed by atoms with Crippen molar-refractivity contribution < 1.29 is 9.47 Å². The molecule has 2 aromatic carbocycles. The van der Waals surface area contributed by atoms with Gasteiger partial charge in [-0.05, 0) is 31.8 Å². The number of nitrogens with one attached hydrogen (secondary N) is 2. The van der Waals surface area contributed by atoms with Crippen LogP contribution in [0.25, 0.3) is 0 Å². The molecule has 0 amide bonds. The third-order valence-corrected chi connectivity index (χ3v) is 4.65. The van der Waals surface area contributed by atoms with Crippen molar-refractivity contribution in [3.8, 4) is 11.5 Å². The zero-order valence-corrected chi connectivity index (χ0v) is 19.7. The summed E-state index contributed by atoms with van der Waals surface area (Å²) in [5.41, 5.74) is 2.37. The van der Waals surface area contributed by atoms with Gasteiger partial charge in [-0.25, -0.2) is 0 Å². The fourth-order valence-electron chi connectivity index (χ4n) is 3.11. The summed E-state index contributed by atoms with van der Waals surface area (Å²) in [6.07, 6.45) is 1.04. The molecule has 2 N–H and O–H groups in total. The summed E-state index contributed by atoms with van der Waals surface area (Å²) in [5, 5.41) is 6.72. The Morgan fingerprint density at radius 3 is 2.66 bits per heavy atom. The zero-order valence-electron chi connectivity index (χ0n) is 17.4. The number of nitrogens with zero attached hydrogens (tertiary/aromatic N) is 2. The van der Waals surface area contributed by atoms with Crippen LogP contribution in [0.5, 0.6) is 11.5 Å². The smallest absolute Gasteiger partial charge is 0.191 e. The number of benzene rings is 2. The SMILES string of the molecule is CN=C(NCc1ccccc1OCCN(C)C)NCC1Cc2ccccc2O1.I. The number of hydrogen-bond acceptors (Lipinski definition) is 4. The molecule has 0 saturated heterocycles. The summed E-state index contributed by atoms with van der Waals surface area (Å²) in [4.78, 5) is 6.43. The Morgan fingerprint density at radius 1 is 1.14 bits per heavy atom. The molecule has 0 bridgehead atoms. The maximum absolute atomic E-state index is 5.98. The van der Waals surface area contributed by atoms with Gasteiger partial charge in [-0.1, -0.05) is 36.4 Å². The van der Waals surface area contributed by atoms with Gasteiger partial charge in [-0.2, -0.15) is 0 Å². The molecule has 7 heteroatoms. The molecule has 6 nitrogen and oxygen atoms in total. The lowest BCUT2D eigenvalue weighted by molar-refractivity contribution is 0.235. The number of ether oxygens (including phenoxy) is 2. The number of aliphatic imine (C=N–C) groups is 1. The molecule has 1 atom stereocenters. The van der Waals surface area contributed by atoms with Crippen molar-refractivity contribution in [1.82, 2.24) is 15.5 Å². The number of fused-ring (bicyclic) bond motifs is 1. The van der Waals surface area contributed by atoms with Crippen molar-refractivity contribution in [2.45, 2.75) is 19.1 Å². The molecule has 1 aliphatic heterocycles. The monoisotopic (exact) mass is 510 g/mol. The van der Waals surface area contributed by atoms with Gasteiger partial charge in [0.25, 0.3) is 0 Å². The molecule has 0 spiro atoms. The van der Waals surface area contributed by atoms with Gasteiger partial charge >= 0.3 is 0 Å². The lowest BCUT2D eigenvalue weighted by atomic mass is 10.1. The van der Waals surface area contributed by atoms with Crippen LogP contribution in [-0.4, -0.2) is 57.8 Å².